The van der Waals surface area contributed by atoms with Crippen LogP contribution < -0.4 is 10.1 Å². The molecule has 6 nitrogen and oxygen atoms in total. The SMILES string of the molecule is C=C(C)/C=C(\C(=C/C)C(=O)Nc1nnc(C)s1)c1cc(Cl)ncc1OC. The summed E-state index contributed by atoms with van der Waals surface area (Å²) in [6.07, 6.45) is 5.03. The van der Waals surface area contributed by atoms with Crippen LogP contribution in [-0.2, 0) is 4.79 Å². The number of methoxy groups -OCH3 is 1. The van der Waals surface area contributed by atoms with Crippen LogP contribution in [0.3, 0.4) is 0 Å². The molecule has 0 fully saturated rings. The number of nitrogens with one attached hydrogen (secondary N) is 1. The largest absolute Gasteiger partial charge is 0.494 e. The summed E-state index contributed by atoms with van der Waals surface area (Å²) in [6, 6.07) is 1.65. The van der Waals surface area contributed by atoms with Crippen molar-refractivity contribution in [2.45, 2.75) is 20.8 Å². The van der Waals surface area contributed by atoms with Gasteiger partial charge in [-0.1, -0.05) is 47.2 Å². The van der Waals surface area contributed by atoms with Crippen LogP contribution in [0.25, 0.3) is 5.57 Å². The average molecular weight is 391 g/mol. The minimum Gasteiger partial charge on any atom is -0.494 e. The maximum absolute atomic E-state index is 12.8. The number of allylic oxidation sites excluding steroid dienone is 3. The molecule has 0 atom stereocenters. The second-order valence-corrected chi connectivity index (χ2v) is 6.96. The van der Waals surface area contributed by atoms with Crippen molar-refractivity contribution >= 4 is 39.5 Å². The van der Waals surface area contributed by atoms with Gasteiger partial charge in [0.1, 0.15) is 15.9 Å². The third kappa shape index (κ3) is 4.77. The van der Waals surface area contributed by atoms with E-state index in [0.29, 0.717) is 32.7 Å². The van der Waals surface area contributed by atoms with Gasteiger partial charge in [0.15, 0.2) is 0 Å². The van der Waals surface area contributed by atoms with Crippen molar-refractivity contribution in [1.29, 1.82) is 0 Å². The number of halogens is 1. The molecule has 0 aliphatic rings. The Kier molecular flexibility index (Phi) is 6.65. The van der Waals surface area contributed by atoms with E-state index < -0.39 is 0 Å². The van der Waals surface area contributed by atoms with Gasteiger partial charge in [-0.05, 0) is 32.4 Å². The average Bonchev–Trinajstić information content (AvgIpc) is 2.99. The molecule has 0 saturated carbocycles. The lowest BCUT2D eigenvalue weighted by molar-refractivity contribution is -0.112. The first-order valence-electron chi connectivity index (χ1n) is 7.71. The fourth-order valence-corrected chi connectivity index (χ4v) is 3.00. The first-order valence-corrected chi connectivity index (χ1v) is 8.90. The Morgan fingerprint density at radius 2 is 2.15 bits per heavy atom. The van der Waals surface area contributed by atoms with Gasteiger partial charge in [-0.2, -0.15) is 0 Å². The zero-order valence-electron chi connectivity index (χ0n) is 15.0. The molecule has 8 heteroatoms. The summed E-state index contributed by atoms with van der Waals surface area (Å²) in [5.41, 5.74) is 2.47. The highest BCUT2D eigenvalue weighted by Gasteiger charge is 2.20. The number of carbonyl (C=O) groups is 1. The molecule has 0 unspecified atom stereocenters. The number of anilines is 1. The Hall–Kier alpha value is -2.51. The van der Waals surface area contributed by atoms with Crippen molar-refractivity contribution in [3.63, 3.8) is 0 Å². The van der Waals surface area contributed by atoms with E-state index in [1.165, 1.54) is 24.6 Å². The van der Waals surface area contributed by atoms with Crippen molar-refractivity contribution in [3.05, 3.63) is 57.9 Å². The van der Waals surface area contributed by atoms with E-state index in [2.05, 4.69) is 27.1 Å². The van der Waals surface area contributed by atoms with Crippen molar-refractivity contribution in [1.82, 2.24) is 15.2 Å². The Morgan fingerprint density at radius 1 is 1.42 bits per heavy atom. The molecule has 0 bridgehead atoms. The van der Waals surface area contributed by atoms with Crippen LogP contribution in [0.5, 0.6) is 5.75 Å². The molecule has 1 amide bonds. The number of aromatic nitrogens is 3. The zero-order valence-corrected chi connectivity index (χ0v) is 16.5. The Morgan fingerprint density at radius 3 is 2.69 bits per heavy atom. The number of hydrogen-bond donors (Lipinski definition) is 1. The maximum Gasteiger partial charge on any atom is 0.257 e. The van der Waals surface area contributed by atoms with Crippen molar-refractivity contribution < 1.29 is 9.53 Å². The summed E-state index contributed by atoms with van der Waals surface area (Å²) in [5.74, 6) is 0.187. The molecule has 26 heavy (non-hydrogen) atoms. The van der Waals surface area contributed by atoms with E-state index in [1.807, 2.05) is 13.8 Å². The second-order valence-electron chi connectivity index (χ2n) is 5.39. The van der Waals surface area contributed by atoms with Crippen LogP contribution >= 0.6 is 22.9 Å². The predicted octanol–water partition coefficient (Wildman–Crippen LogP) is 4.45. The number of pyridine rings is 1. The number of amides is 1. The molecule has 0 spiro atoms. The number of nitrogens with zero attached hydrogens (tertiary/aromatic N) is 3. The Balaban J connectivity index is 2.50. The minimum atomic E-state index is -0.314. The predicted molar refractivity (Wildman–Crippen MR) is 106 cm³/mol. The quantitative estimate of drug-likeness (QED) is 0.448. The van der Waals surface area contributed by atoms with Crippen LogP contribution in [0.1, 0.15) is 24.4 Å². The normalized spacial score (nSPS) is 12.0. The molecule has 2 rings (SSSR count). The maximum atomic E-state index is 12.8. The van der Waals surface area contributed by atoms with Crippen LogP contribution in [0, 0.1) is 6.92 Å². The van der Waals surface area contributed by atoms with E-state index >= 15 is 0 Å². The number of rotatable bonds is 6. The second kappa shape index (κ2) is 8.73. The van der Waals surface area contributed by atoms with Gasteiger partial charge in [0.2, 0.25) is 5.13 Å². The summed E-state index contributed by atoms with van der Waals surface area (Å²) in [6.45, 7) is 9.36. The van der Waals surface area contributed by atoms with E-state index in [1.54, 1.807) is 25.1 Å². The lowest BCUT2D eigenvalue weighted by Gasteiger charge is -2.15. The van der Waals surface area contributed by atoms with Gasteiger partial charge in [0.05, 0.1) is 13.3 Å². The van der Waals surface area contributed by atoms with Gasteiger partial charge in [-0.3, -0.25) is 10.1 Å². The molecule has 0 aliphatic heterocycles. The topological polar surface area (TPSA) is 77.0 Å². The third-order valence-electron chi connectivity index (χ3n) is 3.30. The molecule has 2 heterocycles. The van der Waals surface area contributed by atoms with Gasteiger partial charge in [-0.25, -0.2) is 4.98 Å². The smallest absolute Gasteiger partial charge is 0.257 e. The standard InChI is InChI=1S/C18H19ClN4O2S/c1-6-12(17(24)21-18-23-22-11(4)26-18)13(7-10(2)3)14-8-16(19)20-9-15(14)25-5/h6-9H,2H2,1,3-5H3,(H,21,23,24)/b12-6+,13-7+. The lowest BCUT2D eigenvalue weighted by Crippen LogP contribution is -2.16. The summed E-state index contributed by atoms with van der Waals surface area (Å²) in [5, 5.41) is 12.1. The fraction of sp³-hybridized carbons (Fsp3) is 0.222. The molecule has 0 aromatic carbocycles. The van der Waals surface area contributed by atoms with Gasteiger partial charge >= 0.3 is 0 Å². The summed E-state index contributed by atoms with van der Waals surface area (Å²) >= 11 is 7.36. The highest BCUT2D eigenvalue weighted by atomic mass is 35.5. The molecule has 0 radical (unpaired) electrons. The Bertz CT molecular complexity index is 902. The zero-order chi connectivity index (χ0) is 19.3. The summed E-state index contributed by atoms with van der Waals surface area (Å²) < 4.78 is 5.39. The van der Waals surface area contributed by atoms with Gasteiger partial charge in [-0.15, -0.1) is 10.2 Å². The highest BCUT2D eigenvalue weighted by Crippen LogP contribution is 2.33. The van der Waals surface area contributed by atoms with Gasteiger partial charge in [0.25, 0.3) is 5.91 Å². The van der Waals surface area contributed by atoms with E-state index in [0.717, 1.165) is 10.6 Å². The summed E-state index contributed by atoms with van der Waals surface area (Å²) in [4.78, 5) is 16.9. The van der Waals surface area contributed by atoms with Crippen molar-refractivity contribution in [3.8, 4) is 5.75 Å². The van der Waals surface area contributed by atoms with Crippen LogP contribution in [0.15, 0.2) is 42.1 Å². The summed E-state index contributed by atoms with van der Waals surface area (Å²) in [7, 11) is 1.53. The van der Waals surface area contributed by atoms with E-state index in [9.17, 15) is 4.79 Å². The molecule has 136 valence electrons. The first kappa shape index (κ1) is 19.8. The molecule has 1 N–H and O–H groups in total. The van der Waals surface area contributed by atoms with Crippen molar-refractivity contribution in [2.75, 3.05) is 12.4 Å². The number of hydrogen-bond acceptors (Lipinski definition) is 6. The molecular formula is C18H19ClN4O2S. The van der Waals surface area contributed by atoms with Crippen LogP contribution in [0.4, 0.5) is 5.13 Å². The molecule has 0 saturated heterocycles. The molecule has 2 aromatic heterocycles. The fourth-order valence-electron chi connectivity index (χ4n) is 2.26. The Labute approximate surface area is 161 Å². The first-order chi connectivity index (χ1) is 12.3. The number of carbonyl (C=O) groups excluding carboxylic acids is 1. The number of ether oxygens (including phenoxy) is 1. The molecule has 0 aliphatic carbocycles. The van der Waals surface area contributed by atoms with Crippen LogP contribution in [0.2, 0.25) is 5.15 Å². The highest BCUT2D eigenvalue weighted by molar-refractivity contribution is 7.15. The van der Waals surface area contributed by atoms with Crippen LogP contribution in [-0.4, -0.2) is 28.2 Å². The van der Waals surface area contributed by atoms with Gasteiger partial charge in [0, 0.05) is 11.1 Å². The monoisotopic (exact) mass is 390 g/mol. The van der Waals surface area contributed by atoms with Gasteiger partial charge < -0.3 is 4.74 Å². The minimum absolute atomic E-state index is 0.295. The molecule has 2 aromatic rings. The van der Waals surface area contributed by atoms with Crippen molar-refractivity contribution in [2.24, 2.45) is 0 Å². The molecular weight excluding hydrogens is 372 g/mol. The number of aryl methyl sites for hydroxylation is 1. The lowest BCUT2D eigenvalue weighted by atomic mass is 9.95. The van der Waals surface area contributed by atoms with E-state index in [-0.39, 0.29) is 5.91 Å². The third-order valence-corrected chi connectivity index (χ3v) is 4.27. The van der Waals surface area contributed by atoms with E-state index in [4.69, 9.17) is 16.3 Å².